The lowest BCUT2D eigenvalue weighted by molar-refractivity contribution is -0.163. The molecule has 3 rings (SSSR count). The molecule has 1 amide bonds. The molecule has 0 radical (unpaired) electrons. The molecule has 0 aromatic carbocycles. The maximum atomic E-state index is 12.3. The van der Waals surface area contributed by atoms with Gasteiger partial charge in [0.1, 0.15) is 6.54 Å². The molecule has 3 aliphatic rings. The van der Waals surface area contributed by atoms with Crippen molar-refractivity contribution in [3.63, 3.8) is 0 Å². The lowest BCUT2D eigenvalue weighted by Crippen LogP contribution is -2.56. The molecule has 2 saturated carbocycles. The van der Waals surface area contributed by atoms with Gasteiger partial charge in [-0.2, -0.15) is 13.2 Å². The Morgan fingerprint density at radius 3 is 2.63 bits per heavy atom. The lowest BCUT2D eigenvalue weighted by atomic mass is 9.66. The Kier molecular flexibility index (Phi) is 2.40. The third kappa shape index (κ3) is 1.41. The number of carbonyl (C=O) groups excluding carboxylic acids is 1. The van der Waals surface area contributed by atoms with Gasteiger partial charge in [0.05, 0.1) is 6.61 Å². The van der Waals surface area contributed by atoms with Gasteiger partial charge >= 0.3 is 6.18 Å². The van der Waals surface area contributed by atoms with E-state index in [1.165, 1.54) is 0 Å². The first-order valence-corrected chi connectivity index (χ1v) is 6.64. The first kappa shape index (κ1) is 13.2. The van der Waals surface area contributed by atoms with Crippen molar-refractivity contribution in [3.8, 4) is 0 Å². The van der Waals surface area contributed by atoms with Gasteiger partial charge in [-0.05, 0) is 25.2 Å². The zero-order valence-electron chi connectivity index (χ0n) is 11.1. The predicted octanol–water partition coefficient (Wildman–Crippen LogP) is 2.26. The predicted molar refractivity (Wildman–Crippen MR) is 61.3 cm³/mol. The van der Waals surface area contributed by atoms with Crippen molar-refractivity contribution in [2.75, 3.05) is 13.2 Å². The molecule has 1 aliphatic heterocycles. The second kappa shape index (κ2) is 3.45. The van der Waals surface area contributed by atoms with Gasteiger partial charge in [0.25, 0.3) is 5.91 Å². The van der Waals surface area contributed by atoms with E-state index in [0.717, 1.165) is 12.8 Å². The molecule has 1 N–H and O–H groups in total. The van der Waals surface area contributed by atoms with E-state index in [1.54, 1.807) is 0 Å². The van der Waals surface area contributed by atoms with Gasteiger partial charge in [-0.1, -0.05) is 13.8 Å². The van der Waals surface area contributed by atoms with E-state index < -0.39 is 24.2 Å². The molecule has 0 aromatic rings. The number of halogens is 3. The second-order valence-electron chi connectivity index (χ2n) is 6.60. The Hall–Kier alpha value is -0.780. The summed E-state index contributed by atoms with van der Waals surface area (Å²) < 4.78 is 42.5. The van der Waals surface area contributed by atoms with Crippen LogP contribution in [0.15, 0.2) is 0 Å². The second-order valence-corrected chi connectivity index (χ2v) is 6.60. The van der Waals surface area contributed by atoms with Gasteiger partial charge in [0.2, 0.25) is 0 Å². The summed E-state index contributed by atoms with van der Waals surface area (Å²) in [5, 5.41) is 2.02. The van der Waals surface area contributed by atoms with Crippen molar-refractivity contribution in [1.82, 2.24) is 5.32 Å². The molecule has 19 heavy (non-hydrogen) atoms. The van der Waals surface area contributed by atoms with Gasteiger partial charge in [0, 0.05) is 10.8 Å². The maximum Gasteiger partial charge on any atom is 0.405 e. The molecule has 1 saturated heterocycles. The zero-order chi connectivity index (χ0) is 14.1. The molecule has 3 nitrogen and oxygen atoms in total. The molecule has 1 heterocycles. The van der Waals surface area contributed by atoms with Crippen molar-refractivity contribution in [2.45, 2.75) is 44.9 Å². The number of hydrogen-bond donors (Lipinski definition) is 1. The highest BCUT2D eigenvalue weighted by molar-refractivity contribution is 5.88. The van der Waals surface area contributed by atoms with E-state index in [9.17, 15) is 18.0 Å². The van der Waals surface area contributed by atoms with Gasteiger partial charge in [-0.3, -0.25) is 4.79 Å². The van der Waals surface area contributed by atoms with E-state index in [-0.39, 0.29) is 10.8 Å². The highest BCUT2D eigenvalue weighted by Gasteiger charge is 2.78. The van der Waals surface area contributed by atoms with Crippen LogP contribution in [-0.2, 0) is 9.53 Å². The number of nitrogens with one attached hydrogen (secondary N) is 1. The number of ether oxygens (including phenoxy) is 1. The van der Waals surface area contributed by atoms with E-state index in [0.29, 0.717) is 18.9 Å². The molecular weight excluding hydrogens is 259 g/mol. The minimum Gasteiger partial charge on any atom is -0.364 e. The molecule has 2 aliphatic carbocycles. The van der Waals surface area contributed by atoms with Crippen molar-refractivity contribution >= 4 is 5.91 Å². The topological polar surface area (TPSA) is 38.3 Å². The Labute approximate surface area is 109 Å². The van der Waals surface area contributed by atoms with Crippen LogP contribution in [-0.4, -0.2) is 30.8 Å². The Balaban J connectivity index is 1.84. The smallest absolute Gasteiger partial charge is 0.364 e. The maximum absolute atomic E-state index is 12.3. The Bertz CT molecular complexity index is 438. The average molecular weight is 277 g/mol. The van der Waals surface area contributed by atoms with Gasteiger partial charge < -0.3 is 10.1 Å². The summed E-state index contributed by atoms with van der Waals surface area (Å²) in [6.07, 6.45) is -1.92. The van der Waals surface area contributed by atoms with E-state index in [1.807, 2.05) is 12.2 Å². The number of alkyl halides is 3. The fourth-order valence-electron chi connectivity index (χ4n) is 4.58. The van der Waals surface area contributed by atoms with E-state index in [2.05, 4.69) is 6.92 Å². The standard InChI is InChI=1S/C13H18F3NO2/c1-10-7-19-12(9(18)17-6-13(14,15)16)5-8(10)3-4-11(10,12)2/h8H,3-7H2,1-2H3,(H,17,18)/t8-,10-,11+,12-/m1/s1. The molecular formula is C13H18F3NO2. The zero-order valence-corrected chi connectivity index (χ0v) is 11.1. The van der Waals surface area contributed by atoms with Crippen molar-refractivity contribution < 1.29 is 22.7 Å². The molecule has 3 fully saturated rings. The largest absolute Gasteiger partial charge is 0.405 e. The van der Waals surface area contributed by atoms with Crippen molar-refractivity contribution in [3.05, 3.63) is 0 Å². The fraction of sp³-hybridized carbons (Fsp3) is 0.923. The number of rotatable bonds is 2. The lowest BCUT2D eigenvalue weighted by Gasteiger charge is -2.40. The van der Waals surface area contributed by atoms with Crippen LogP contribution in [0, 0.1) is 16.7 Å². The molecule has 4 bridgehead atoms. The molecule has 0 spiro atoms. The summed E-state index contributed by atoms with van der Waals surface area (Å²) in [6.45, 7) is 3.30. The summed E-state index contributed by atoms with van der Waals surface area (Å²) in [5.74, 6) is -0.193. The number of amides is 1. The third-order valence-corrected chi connectivity index (χ3v) is 6.01. The minimum atomic E-state index is -4.38. The van der Waals surface area contributed by atoms with Crippen molar-refractivity contribution in [1.29, 1.82) is 0 Å². The molecule has 108 valence electrons. The van der Waals surface area contributed by atoms with Crippen LogP contribution in [0.5, 0.6) is 0 Å². The molecule has 0 aromatic heterocycles. The molecule has 0 unspecified atom stereocenters. The normalized spacial score (nSPS) is 47.7. The third-order valence-electron chi connectivity index (χ3n) is 6.01. The van der Waals surface area contributed by atoms with Crippen molar-refractivity contribution in [2.24, 2.45) is 16.7 Å². The number of carbonyl (C=O) groups is 1. The Morgan fingerprint density at radius 2 is 2.11 bits per heavy atom. The summed E-state index contributed by atoms with van der Waals surface area (Å²) in [5.41, 5.74) is -1.45. The first-order chi connectivity index (χ1) is 8.65. The first-order valence-electron chi connectivity index (χ1n) is 6.64. The highest BCUT2D eigenvalue weighted by Crippen LogP contribution is 2.74. The van der Waals surface area contributed by atoms with Crippen LogP contribution in [0.3, 0.4) is 0 Å². The highest BCUT2D eigenvalue weighted by atomic mass is 19.4. The number of hydrogen-bond acceptors (Lipinski definition) is 2. The van der Waals surface area contributed by atoms with Crippen LogP contribution in [0.25, 0.3) is 0 Å². The Morgan fingerprint density at radius 1 is 1.42 bits per heavy atom. The van der Waals surface area contributed by atoms with Crippen LogP contribution in [0.1, 0.15) is 33.1 Å². The summed E-state index contributed by atoms with van der Waals surface area (Å²) in [4.78, 5) is 12.3. The summed E-state index contributed by atoms with van der Waals surface area (Å²) in [7, 11) is 0. The van der Waals surface area contributed by atoms with Gasteiger partial charge in [0.15, 0.2) is 5.60 Å². The SMILES string of the molecule is C[C@@]12CC[C@@H]3C[C@]1(C(=O)NCC(F)(F)F)OC[C@]32C. The minimum absolute atomic E-state index is 0.0669. The van der Waals surface area contributed by atoms with Crippen LogP contribution >= 0.6 is 0 Å². The van der Waals surface area contributed by atoms with E-state index in [4.69, 9.17) is 4.74 Å². The van der Waals surface area contributed by atoms with Crippen LogP contribution in [0.4, 0.5) is 13.2 Å². The summed E-state index contributed by atoms with van der Waals surface area (Å²) >= 11 is 0. The quantitative estimate of drug-likeness (QED) is 0.841. The van der Waals surface area contributed by atoms with Gasteiger partial charge in [-0.25, -0.2) is 0 Å². The molecule has 4 atom stereocenters. The van der Waals surface area contributed by atoms with Crippen LogP contribution in [0.2, 0.25) is 0 Å². The molecule has 6 heteroatoms. The van der Waals surface area contributed by atoms with Crippen LogP contribution < -0.4 is 5.32 Å². The average Bonchev–Trinajstić information content (AvgIpc) is 2.77. The monoisotopic (exact) mass is 277 g/mol. The van der Waals surface area contributed by atoms with E-state index >= 15 is 0 Å². The summed E-state index contributed by atoms with van der Waals surface area (Å²) in [6, 6.07) is 0. The fourth-order valence-corrected chi connectivity index (χ4v) is 4.58. The van der Waals surface area contributed by atoms with Gasteiger partial charge in [-0.15, -0.1) is 0 Å².